The second-order valence-corrected chi connectivity index (χ2v) is 5.97. The number of nitrogens with two attached hydrogens (primary N) is 1. The molecule has 0 amide bonds. The van der Waals surface area contributed by atoms with Crippen molar-refractivity contribution in [2.45, 2.75) is 6.54 Å². The fraction of sp³-hybridized carbons (Fsp3) is 0.176. The first-order chi connectivity index (χ1) is 12.6. The molecule has 0 spiro atoms. The lowest BCUT2D eigenvalue weighted by Crippen LogP contribution is -2.32. The number of H-pyrrole nitrogens is 1. The molecule has 4 rings (SSSR count). The largest absolute Gasteiger partial charge is 0.369 e. The van der Waals surface area contributed by atoms with Gasteiger partial charge in [-0.25, -0.2) is 4.98 Å². The van der Waals surface area contributed by atoms with Crippen molar-refractivity contribution >= 4 is 23.2 Å². The summed E-state index contributed by atoms with van der Waals surface area (Å²) in [5, 5.41) is 2.94. The first-order valence-electron chi connectivity index (χ1n) is 8.08. The van der Waals surface area contributed by atoms with Crippen LogP contribution in [0.4, 0.5) is 17.5 Å². The zero-order valence-corrected chi connectivity index (χ0v) is 13.8. The summed E-state index contributed by atoms with van der Waals surface area (Å²) in [6.45, 7) is 0.618. The van der Waals surface area contributed by atoms with Gasteiger partial charge < -0.3 is 20.5 Å². The highest BCUT2D eigenvalue weighted by atomic mass is 16.1. The number of nitrogen functional groups attached to an aromatic ring is 1. The molecule has 3 heterocycles. The van der Waals surface area contributed by atoms with Crippen LogP contribution in [-0.4, -0.2) is 38.5 Å². The lowest BCUT2D eigenvalue weighted by Gasteiger charge is -2.16. The minimum absolute atomic E-state index is 0.0240. The number of aromatic amines is 1. The Balaban J connectivity index is 1.51. The number of hydrogen-bond donors (Lipinski definition) is 3. The Morgan fingerprint density at radius 3 is 2.85 bits per heavy atom. The SMILES string of the molecule is Nc1nc2c(c(=O)[nH]1)NCN2CC(=O)Cn1ccnc1-c1ccccc1. The van der Waals surface area contributed by atoms with E-state index in [1.54, 1.807) is 17.3 Å². The number of anilines is 3. The van der Waals surface area contributed by atoms with Gasteiger partial charge in [0.25, 0.3) is 5.56 Å². The predicted octanol–water partition coefficient (Wildman–Crippen LogP) is 0.674. The number of nitrogens with zero attached hydrogens (tertiary/aromatic N) is 4. The van der Waals surface area contributed by atoms with E-state index in [0.29, 0.717) is 18.2 Å². The van der Waals surface area contributed by atoms with Gasteiger partial charge in [0.15, 0.2) is 11.6 Å². The second kappa shape index (κ2) is 6.36. The van der Waals surface area contributed by atoms with Gasteiger partial charge in [0.1, 0.15) is 11.5 Å². The molecule has 132 valence electrons. The van der Waals surface area contributed by atoms with Crippen LogP contribution in [0.5, 0.6) is 0 Å². The Bertz CT molecular complexity index is 1010. The Labute approximate surface area is 148 Å². The van der Waals surface area contributed by atoms with E-state index in [-0.39, 0.29) is 30.4 Å². The molecule has 9 nitrogen and oxygen atoms in total. The second-order valence-electron chi connectivity index (χ2n) is 5.97. The number of hydrogen-bond acceptors (Lipinski definition) is 7. The Hall–Kier alpha value is -3.62. The molecule has 0 fully saturated rings. The van der Waals surface area contributed by atoms with E-state index in [9.17, 15) is 9.59 Å². The van der Waals surface area contributed by atoms with Crippen LogP contribution in [-0.2, 0) is 11.3 Å². The summed E-state index contributed by atoms with van der Waals surface area (Å²) in [7, 11) is 0. The van der Waals surface area contributed by atoms with Crippen molar-refractivity contribution in [1.29, 1.82) is 0 Å². The van der Waals surface area contributed by atoms with Crippen LogP contribution in [0.15, 0.2) is 47.5 Å². The summed E-state index contributed by atoms with van der Waals surface area (Å²) in [5.74, 6) is 1.12. The minimum atomic E-state index is -0.344. The van der Waals surface area contributed by atoms with Crippen LogP contribution in [0.2, 0.25) is 0 Å². The minimum Gasteiger partial charge on any atom is -0.369 e. The summed E-state index contributed by atoms with van der Waals surface area (Å²) in [5.41, 5.74) is 6.53. The number of carbonyl (C=O) groups excluding carboxylic acids is 1. The van der Waals surface area contributed by atoms with Gasteiger partial charge in [0.05, 0.1) is 19.8 Å². The van der Waals surface area contributed by atoms with Crippen molar-refractivity contribution in [3.63, 3.8) is 0 Å². The molecular formula is C17H17N7O2. The van der Waals surface area contributed by atoms with E-state index in [1.165, 1.54) is 0 Å². The fourth-order valence-electron chi connectivity index (χ4n) is 2.98. The van der Waals surface area contributed by atoms with Gasteiger partial charge in [0, 0.05) is 18.0 Å². The standard InChI is InChI=1S/C17H17N7O2/c18-17-21-15-13(16(26)22-17)20-10-24(15)9-12(25)8-23-7-6-19-14(23)11-4-2-1-3-5-11/h1-7,20H,8-10H2,(H3,18,21,22,26). The number of fused-ring (bicyclic) bond motifs is 1. The lowest BCUT2D eigenvalue weighted by molar-refractivity contribution is -0.118. The number of ketones is 1. The molecule has 4 N–H and O–H groups in total. The summed E-state index contributed by atoms with van der Waals surface area (Å²) in [4.78, 5) is 37.0. The number of benzene rings is 1. The summed E-state index contributed by atoms with van der Waals surface area (Å²) in [6.07, 6.45) is 3.45. The molecule has 26 heavy (non-hydrogen) atoms. The molecule has 3 aromatic rings. The molecule has 1 aliphatic rings. The van der Waals surface area contributed by atoms with Gasteiger partial charge in [-0.15, -0.1) is 0 Å². The maximum atomic E-state index is 12.6. The molecule has 0 saturated heterocycles. The number of carbonyl (C=O) groups is 1. The van der Waals surface area contributed by atoms with Gasteiger partial charge in [-0.05, 0) is 0 Å². The number of nitrogens with one attached hydrogen (secondary N) is 2. The molecule has 9 heteroatoms. The monoisotopic (exact) mass is 351 g/mol. The van der Waals surface area contributed by atoms with Gasteiger partial charge in [-0.2, -0.15) is 4.98 Å². The number of imidazole rings is 1. The van der Waals surface area contributed by atoms with Crippen molar-refractivity contribution in [3.05, 3.63) is 53.1 Å². The highest BCUT2D eigenvalue weighted by Crippen LogP contribution is 2.25. The van der Waals surface area contributed by atoms with Gasteiger partial charge in [-0.1, -0.05) is 30.3 Å². The Kier molecular flexibility index (Phi) is 3.88. The molecular weight excluding hydrogens is 334 g/mol. The van der Waals surface area contributed by atoms with Crippen molar-refractivity contribution in [2.75, 3.05) is 29.2 Å². The zero-order valence-electron chi connectivity index (χ0n) is 13.8. The lowest BCUT2D eigenvalue weighted by atomic mass is 10.2. The molecule has 0 atom stereocenters. The highest BCUT2D eigenvalue weighted by molar-refractivity contribution is 5.86. The molecule has 0 bridgehead atoms. The summed E-state index contributed by atoms with van der Waals surface area (Å²) < 4.78 is 1.81. The molecule has 0 unspecified atom stereocenters. The average molecular weight is 351 g/mol. The van der Waals surface area contributed by atoms with Crippen molar-refractivity contribution in [3.8, 4) is 11.4 Å². The first kappa shape index (κ1) is 15.9. The molecule has 1 aliphatic heterocycles. The average Bonchev–Trinajstić information content (AvgIpc) is 3.23. The van der Waals surface area contributed by atoms with E-state index in [1.807, 2.05) is 34.9 Å². The van der Waals surface area contributed by atoms with Crippen LogP contribution in [0.1, 0.15) is 0 Å². The van der Waals surface area contributed by atoms with Crippen LogP contribution in [0.3, 0.4) is 0 Å². The van der Waals surface area contributed by atoms with Crippen LogP contribution in [0.25, 0.3) is 11.4 Å². The van der Waals surface area contributed by atoms with Crippen molar-refractivity contribution in [2.24, 2.45) is 0 Å². The third-order valence-electron chi connectivity index (χ3n) is 4.13. The Morgan fingerprint density at radius 1 is 1.23 bits per heavy atom. The van der Waals surface area contributed by atoms with E-state index in [4.69, 9.17) is 5.73 Å². The first-order valence-corrected chi connectivity index (χ1v) is 8.08. The van der Waals surface area contributed by atoms with Crippen LogP contribution < -0.4 is 21.5 Å². The molecule has 2 aromatic heterocycles. The molecule has 0 aliphatic carbocycles. The fourth-order valence-corrected chi connectivity index (χ4v) is 2.98. The van der Waals surface area contributed by atoms with Crippen LogP contribution >= 0.6 is 0 Å². The summed E-state index contributed by atoms with van der Waals surface area (Å²) >= 11 is 0. The smallest absolute Gasteiger partial charge is 0.277 e. The predicted molar refractivity (Wildman–Crippen MR) is 97.8 cm³/mol. The van der Waals surface area contributed by atoms with Crippen molar-refractivity contribution < 1.29 is 4.79 Å². The topological polar surface area (TPSA) is 122 Å². The summed E-state index contributed by atoms with van der Waals surface area (Å²) in [6, 6.07) is 9.68. The van der Waals surface area contributed by atoms with Gasteiger partial charge in [-0.3, -0.25) is 14.6 Å². The number of rotatable bonds is 5. The number of aromatic nitrogens is 4. The van der Waals surface area contributed by atoms with E-state index < -0.39 is 0 Å². The molecule has 0 radical (unpaired) electrons. The quantitative estimate of drug-likeness (QED) is 0.617. The van der Waals surface area contributed by atoms with Gasteiger partial charge in [0.2, 0.25) is 5.95 Å². The maximum absolute atomic E-state index is 12.6. The van der Waals surface area contributed by atoms with E-state index >= 15 is 0 Å². The molecule has 1 aromatic carbocycles. The van der Waals surface area contributed by atoms with Crippen LogP contribution in [0, 0.1) is 0 Å². The van der Waals surface area contributed by atoms with Crippen molar-refractivity contribution in [1.82, 2.24) is 19.5 Å². The van der Waals surface area contributed by atoms with E-state index in [2.05, 4.69) is 20.3 Å². The maximum Gasteiger partial charge on any atom is 0.277 e. The van der Waals surface area contributed by atoms with Gasteiger partial charge >= 0.3 is 0 Å². The third kappa shape index (κ3) is 2.90. The molecule has 0 saturated carbocycles. The normalized spacial score (nSPS) is 12.7. The Morgan fingerprint density at radius 2 is 2.04 bits per heavy atom. The third-order valence-corrected chi connectivity index (χ3v) is 4.13. The highest BCUT2D eigenvalue weighted by Gasteiger charge is 2.25. The van der Waals surface area contributed by atoms with E-state index in [0.717, 1.165) is 11.4 Å². The zero-order chi connectivity index (χ0) is 18.1. The number of Topliss-reactive ketones (excluding diaryl/α,β-unsaturated/α-hetero) is 1.